The van der Waals surface area contributed by atoms with Crippen LogP contribution >= 0.6 is 0 Å². The summed E-state index contributed by atoms with van der Waals surface area (Å²) in [6.45, 7) is 8.54. The maximum atomic E-state index is 10.9. The number of allylic oxidation sites excluding steroid dienone is 4. The summed E-state index contributed by atoms with van der Waals surface area (Å²) < 4.78 is 5.04. The van der Waals surface area contributed by atoms with Crippen molar-refractivity contribution in [3.05, 3.63) is 23.8 Å². The Hall–Kier alpha value is -1.05. The molecule has 0 aliphatic rings. The van der Waals surface area contributed by atoms with Gasteiger partial charge in [-0.2, -0.15) is 0 Å². The molecule has 0 radical (unpaired) electrons. The maximum absolute atomic E-state index is 10.9. The molecule has 0 aromatic carbocycles. The van der Waals surface area contributed by atoms with Gasteiger partial charge >= 0.3 is 5.97 Å². The van der Waals surface area contributed by atoms with Crippen molar-refractivity contribution in [3.63, 3.8) is 0 Å². The molecular formula is C13H22O2. The lowest BCUT2D eigenvalue weighted by molar-refractivity contribution is -0.144. The van der Waals surface area contributed by atoms with E-state index in [4.69, 9.17) is 4.74 Å². The van der Waals surface area contributed by atoms with Gasteiger partial charge in [0.05, 0.1) is 6.61 Å². The third-order valence-corrected chi connectivity index (χ3v) is 1.92. The summed E-state index contributed by atoms with van der Waals surface area (Å²) in [4.78, 5) is 10.9. The van der Waals surface area contributed by atoms with Gasteiger partial charge in [-0.15, -0.1) is 0 Å². The molecule has 0 aromatic heterocycles. The Morgan fingerprint density at radius 3 is 2.60 bits per heavy atom. The van der Waals surface area contributed by atoms with Crippen LogP contribution in [0, 0.1) is 5.92 Å². The fraction of sp³-hybridized carbons (Fsp3) is 0.615. The smallest absolute Gasteiger partial charge is 0.305 e. The van der Waals surface area contributed by atoms with Gasteiger partial charge in [0.1, 0.15) is 0 Å². The Labute approximate surface area is 93.0 Å². The van der Waals surface area contributed by atoms with Crippen LogP contribution in [-0.2, 0) is 9.53 Å². The number of rotatable bonds is 6. The first kappa shape index (κ1) is 13.9. The molecule has 2 nitrogen and oxygen atoms in total. The van der Waals surface area contributed by atoms with Crippen LogP contribution in [0.15, 0.2) is 23.8 Å². The molecule has 0 saturated carbocycles. The van der Waals surface area contributed by atoms with Crippen molar-refractivity contribution in [2.45, 2.75) is 40.5 Å². The third-order valence-electron chi connectivity index (χ3n) is 1.92. The van der Waals surface area contributed by atoms with Gasteiger partial charge in [-0.1, -0.05) is 37.6 Å². The molecule has 0 rings (SSSR count). The lowest BCUT2D eigenvalue weighted by Crippen LogP contribution is -2.10. The van der Waals surface area contributed by atoms with Crippen molar-refractivity contribution in [2.24, 2.45) is 5.92 Å². The minimum atomic E-state index is -0.116. The van der Waals surface area contributed by atoms with Gasteiger partial charge in [0.25, 0.3) is 0 Å². The molecule has 0 heterocycles. The van der Waals surface area contributed by atoms with Gasteiger partial charge in [0.2, 0.25) is 0 Å². The molecular weight excluding hydrogens is 188 g/mol. The van der Waals surface area contributed by atoms with E-state index in [0.717, 1.165) is 6.42 Å². The van der Waals surface area contributed by atoms with Crippen molar-refractivity contribution in [1.29, 1.82) is 0 Å². The summed E-state index contributed by atoms with van der Waals surface area (Å²) >= 11 is 0. The zero-order valence-electron chi connectivity index (χ0n) is 10.2. The summed E-state index contributed by atoms with van der Waals surface area (Å²) in [6, 6.07) is 0. The van der Waals surface area contributed by atoms with E-state index in [0.29, 0.717) is 18.9 Å². The SMILES string of the molecule is CCC(=O)OCC(C)C/C=C/C=C(C)C. The van der Waals surface area contributed by atoms with Gasteiger partial charge in [0, 0.05) is 6.42 Å². The minimum absolute atomic E-state index is 0.116. The average Bonchev–Trinajstić information content (AvgIpc) is 2.20. The molecule has 0 N–H and O–H groups in total. The number of hydrogen-bond acceptors (Lipinski definition) is 2. The third kappa shape index (κ3) is 9.26. The first-order chi connectivity index (χ1) is 7.06. The quantitative estimate of drug-likeness (QED) is 0.495. The van der Waals surface area contributed by atoms with E-state index in [2.05, 4.69) is 32.9 Å². The number of esters is 1. The first-order valence-corrected chi connectivity index (χ1v) is 5.52. The van der Waals surface area contributed by atoms with Crippen LogP contribution in [0.25, 0.3) is 0 Å². The second-order valence-corrected chi connectivity index (χ2v) is 4.05. The molecule has 0 aliphatic heterocycles. The van der Waals surface area contributed by atoms with Crippen molar-refractivity contribution in [2.75, 3.05) is 6.61 Å². The zero-order chi connectivity index (χ0) is 11.7. The van der Waals surface area contributed by atoms with Crippen molar-refractivity contribution in [3.8, 4) is 0 Å². The summed E-state index contributed by atoms with van der Waals surface area (Å²) in [6.07, 6.45) is 7.64. The van der Waals surface area contributed by atoms with Crippen LogP contribution in [0.1, 0.15) is 40.5 Å². The molecule has 0 saturated heterocycles. The van der Waals surface area contributed by atoms with Crippen LogP contribution in [-0.4, -0.2) is 12.6 Å². The summed E-state index contributed by atoms with van der Waals surface area (Å²) in [5, 5.41) is 0. The van der Waals surface area contributed by atoms with Gasteiger partial charge < -0.3 is 4.74 Å². The van der Waals surface area contributed by atoms with E-state index in [1.165, 1.54) is 5.57 Å². The largest absolute Gasteiger partial charge is 0.465 e. The predicted molar refractivity (Wildman–Crippen MR) is 63.6 cm³/mol. The Bertz CT molecular complexity index is 235. The van der Waals surface area contributed by atoms with Crippen molar-refractivity contribution < 1.29 is 9.53 Å². The molecule has 1 unspecified atom stereocenters. The van der Waals surface area contributed by atoms with E-state index in [1.807, 2.05) is 13.0 Å². The van der Waals surface area contributed by atoms with Crippen LogP contribution < -0.4 is 0 Å². The van der Waals surface area contributed by atoms with E-state index in [-0.39, 0.29) is 5.97 Å². The van der Waals surface area contributed by atoms with E-state index in [9.17, 15) is 4.79 Å². The Balaban J connectivity index is 3.66. The Morgan fingerprint density at radius 2 is 2.07 bits per heavy atom. The molecule has 0 fully saturated rings. The number of hydrogen-bond donors (Lipinski definition) is 0. The van der Waals surface area contributed by atoms with Crippen LogP contribution in [0.2, 0.25) is 0 Å². The van der Waals surface area contributed by atoms with Gasteiger partial charge in [0.15, 0.2) is 0 Å². The van der Waals surface area contributed by atoms with E-state index >= 15 is 0 Å². The topological polar surface area (TPSA) is 26.3 Å². The highest BCUT2D eigenvalue weighted by Crippen LogP contribution is 2.04. The second kappa shape index (κ2) is 8.27. The van der Waals surface area contributed by atoms with Crippen molar-refractivity contribution in [1.82, 2.24) is 0 Å². The molecule has 15 heavy (non-hydrogen) atoms. The van der Waals surface area contributed by atoms with Crippen LogP contribution in [0.5, 0.6) is 0 Å². The Kier molecular flexibility index (Phi) is 7.69. The molecule has 0 spiro atoms. The lowest BCUT2D eigenvalue weighted by atomic mass is 10.1. The van der Waals surface area contributed by atoms with Gasteiger partial charge in [-0.05, 0) is 26.2 Å². The highest BCUT2D eigenvalue weighted by molar-refractivity contribution is 5.68. The summed E-state index contributed by atoms with van der Waals surface area (Å²) in [5.74, 6) is 0.275. The molecule has 0 aliphatic carbocycles. The average molecular weight is 210 g/mol. The van der Waals surface area contributed by atoms with Gasteiger partial charge in [-0.25, -0.2) is 0 Å². The normalized spacial score (nSPS) is 12.5. The molecule has 1 atom stereocenters. The molecule has 0 amide bonds. The molecule has 2 heteroatoms. The van der Waals surface area contributed by atoms with Crippen LogP contribution in [0.4, 0.5) is 0 Å². The highest BCUT2D eigenvalue weighted by Gasteiger charge is 2.03. The monoisotopic (exact) mass is 210 g/mol. The standard InChI is InChI=1S/C13H22O2/c1-5-13(14)15-10-12(4)9-7-6-8-11(2)3/h6-8,12H,5,9-10H2,1-4H3/b7-6+. The first-order valence-electron chi connectivity index (χ1n) is 5.52. The van der Waals surface area contributed by atoms with Crippen LogP contribution in [0.3, 0.4) is 0 Å². The number of ether oxygens (including phenoxy) is 1. The molecule has 0 aromatic rings. The minimum Gasteiger partial charge on any atom is -0.465 e. The zero-order valence-corrected chi connectivity index (χ0v) is 10.2. The highest BCUT2D eigenvalue weighted by atomic mass is 16.5. The Morgan fingerprint density at radius 1 is 1.40 bits per heavy atom. The fourth-order valence-electron chi connectivity index (χ4n) is 0.977. The predicted octanol–water partition coefficient (Wildman–Crippen LogP) is 3.49. The number of carbonyl (C=O) groups excluding carboxylic acids is 1. The fourth-order valence-corrected chi connectivity index (χ4v) is 0.977. The van der Waals surface area contributed by atoms with Crippen molar-refractivity contribution >= 4 is 5.97 Å². The van der Waals surface area contributed by atoms with Gasteiger partial charge in [-0.3, -0.25) is 4.79 Å². The maximum Gasteiger partial charge on any atom is 0.305 e. The van der Waals surface area contributed by atoms with E-state index < -0.39 is 0 Å². The number of carbonyl (C=O) groups is 1. The van der Waals surface area contributed by atoms with E-state index in [1.54, 1.807) is 0 Å². The summed E-state index contributed by atoms with van der Waals surface area (Å²) in [5.41, 5.74) is 1.29. The second-order valence-electron chi connectivity index (χ2n) is 4.05. The summed E-state index contributed by atoms with van der Waals surface area (Å²) in [7, 11) is 0. The molecule has 0 bridgehead atoms. The lowest BCUT2D eigenvalue weighted by Gasteiger charge is -2.08. The molecule has 86 valence electrons.